The lowest BCUT2D eigenvalue weighted by molar-refractivity contribution is -0.137. The monoisotopic (exact) mass is 286 g/mol. The highest BCUT2D eigenvalue weighted by Crippen LogP contribution is 2.21. The zero-order chi connectivity index (χ0) is 13.3. The second kappa shape index (κ2) is 5.26. The Kier molecular flexibility index (Phi) is 3.90. The highest BCUT2D eigenvalue weighted by molar-refractivity contribution is 6.33. The number of carbonyl (C=O) groups excluding carboxylic acids is 2. The van der Waals surface area contributed by atoms with Gasteiger partial charge in [-0.1, -0.05) is 23.2 Å². The molecule has 1 N–H and O–H groups in total. The molecule has 0 aliphatic carbocycles. The van der Waals surface area contributed by atoms with Crippen molar-refractivity contribution in [2.75, 3.05) is 7.05 Å². The van der Waals surface area contributed by atoms with Crippen molar-refractivity contribution in [1.82, 2.24) is 10.2 Å². The van der Waals surface area contributed by atoms with Crippen LogP contribution in [-0.2, 0) is 16.1 Å². The van der Waals surface area contributed by atoms with Gasteiger partial charge in [0, 0.05) is 23.6 Å². The number of imide groups is 1. The minimum atomic E-state index is -0.474. The van der Waals surface area contributed by atoms with Crippen molar-refractivity contribution in [3.05, 3.63) is 33.8 Å². The Balaban J connectivity index is 2.02. The van der Waals surface area contributed by atoms with E-state index in [0.29, 0.717) is 16.6 Å². The van der Waals surface area contributed by atoms with Crippen molar-refractivity contribution in [2.45, 2.75) is 19.0 Å². The van der Waals surface area contributed by atoms with E-state index in [-0.39, 0.29) is 18.2 Å². The Morgan fingerprint density at radius 2 is 2.11 bits per heavy atom. The summed E-state index contributed by atoms with van der Waals surface area (Å²) in [6.45, 7) is 0.400. The van der Waals surface area contributed by atoms with Crippen LogP contribution in [0.1, 0.15) is 12.0 Å². The molecule has 4 nitrogen and oxygen atoms in total. The van der Waals surface area contributed by atoms with E-state index in [4.69, 9.17) is 23.2 Å². The quantitative estimate of drug-likeness (QED) is 0.863. The number of rotatable bonds is 3. The molecule has 1 aromatic rings. The molecule has 1 heterocycles. The first-order chi connectivity index (χ1) is 8.49. The van der Waals surface area contributed by atoms with Crippen LogP contribution in [0.4, 0.5) is 0 Å². The molecule has 1 unspecified atom stereocenters. The SMILES string of the molecule is CN1C(=O)CC(NCc2cc(Cl)ccc2Cl)C1=O. The predicted molar refractivity (Wildman–Crippen MR) is 69.5 cm³/mol. The Hall–Kier alpha value is -1.10. The van der Waals surface area contributed by atoms with Crippen LogP contribution in [0.5, 0.6) is 0 Å². The highest BCUT2D eigenvalue weighted by atomic mass is 35.5. The second-order valence-electron chi connectivity index (χ2n) is 4.16. The molecule has 0 radical (unpaired) electrons. The van der Waals surface area contributed by atoms with Gasteiger partial charge in [-0.15, -0.1) is 0 Å². The number of likely N-dealkylation sites (N-methyl/N-ethyl adjacent to an activating group) is 1. The minimum Gasteiger partial charge on any atom is -0.301 e. The molecule has 1 saturated heterocycles. The fraction of sp³-hybridized carbons (Fsp3) is 0.333. The van der Waals surface area contributed by atoms with Crippen LogP contribution in [0.2, 0.25) is 10.0 Å². The number of hydrogen-bond acceptors (Lipinski definition) is 3. The Bertz CT molecular complexity index is 505. The van der Waals surface area contributed by atoms with Crippen LogP contribution in [0.15, 0.2) is 18.2 Å². The third-order valence-corrected chi connectivity index (χ3v) is 3.53. The summed E-state index contributed by atoms with van der Waals surface area (Å²) in [5, 5.41) is 4.19. The van der Waals surface area contributed by atoms with Crippen molar-refractivity contribution in [1.29, 1.82) is 0 Å². The van der Waals surface area contributed by atoms with Crippen molar-refractivity contribution in [3.8, 4) is 0 Å². The Morgan fingerprint density at radius 3 is 2.72 bits per heavy atom. The first-order valence-electron chi connectivity index (χ1n) is 5.46. The molecule has 0 aromatic heterocycles. The van der Waals surface area contributed by atoms with Gasteiger partial charge in [0.1, 0.15) is 0 Å². The first-order valence-corrected chi connectivity index (χ1v) is 6.22. The van der Waals surface area contributed by atoms with E-state index in [2.05, 4.69) is 5.32 Å². The molecule has 2 amide bonds. The zero-order valence-electron chi connectivity index (χ0n) is 9.74. The first kappa shape index (κ1) is 13.3. The number of benzene rings is 1. The van der Waals surface area contributed by atoms with Crippen LogP contribution in [-0.4, -0.2) is 29.8 Å². The summed E-state index contributed by atoms with van der Waals surface area (Å²) in [7, 11) is 1.48. The molecular formula is C12H12Cl2N2O2. The fourth-order valence-corrected chi connectivity index (χ4v) is 2.21. The van der Waals surface area contributed by atoms with Crippen molar-refractivity contribution in [3.63, 3.8) is 0 Å². The van der Waals surface area contributed by atoms with Gasteiger partial charge < -0.3 is 5.32 Å². The maximum atomic E-state index is 11.7. The fourth-order valence-electron chi connectivity index (χ4n) is 1.83. The maximum Gasteiger partial charge on any atom is 0.246 e. The van der Waals surface area contributed by atoms with Gasteiger partial charge in [0.2, 0.25) is 11.8 Å². The van der Waals surface area contributed by atoms with Crippen molar-refractivity contribution < 1.29 is 9.59 Å². The van der Waals surface area contributed by atoms with E-state index >= 15 is 0 Å². The molecule has 0 bridgehead atoms. The molecule has 0 spiro atoms. The summed E-state index contributed by atoms with van der Waals surface area (Å²) in [6, 6.07) is 4.67. The van der Waals surface area contributed by atoms with Crippen LogP contribution in [0.3, 0.4) is 0 Å². The Labute approximate surface area is 115 Å². The minimum absolute atomic E-state index is 0.172. The van der Waals surface area contributed by atoms with E-state index < -0.39 is 6.04 Å². The lowest BCUT2D eigenvalue weighted by Gasteiger charge is -2.12. The number of nitrogens with zero attached hydrogens (tertiary/aromatic N) is 1. The smallest absolute Gasteiger partial charge is 0.246 e. The van der Waals surface area contributed by atoms with Gasteiger partial charge in [-0.2, -0.15) is 0 Å². The number of carbonyl (C=O) groups is 2. The summed E-state index contributed by atoms with van der Waals surface area (Å²) in [6.07, 6.45) is 0.188. The Morgan fingerprint density at radius 1 is 1.39 bits per heavy atom. The lowest BCUT2D eigenvalue weighted by Crippen LogP contribution is -2.36. The predicted octanol–water partition coefficient (Wildman–Crippen LogP) is 1.84. The van der Waals surface area contributed by atoms with E-state index in [0.717, 1.165) is 10.5 Å². The van der Waals surface area contributed by atoms with Gasteiger partial charge >= 0.3 is 0 Å². The molecule has 1 fully saturated rings. The van der Waals surface area contributed by atoms with Crippen LogP contribution >= 0.6 is 23.2 Å². The number of hydrogen-bond donors (Lipinski definition) is 1. The molecule has 0 saturated carbocycles. The standard InChI is InChI=1S/C12H12Cl2N2O2/c1-16-11(17)5-10(12(16)18)15-6-7-4-8(13)2-3-9(7)14/h2-4,10,15H,5-6H2,1H3. The van der Waals surface area contributed by atoms with E-state index in [9.17, 15) is 9.59 Å². The van der Waals surface area contributed by atoms with Crippen LogP contribution in [0, 0.1) is 0 Å². The molecule has 6 heteroatoms. The van der Waals surface area contributed by atoms with Gasteiger partial charge in [-0.3, -0.25) is 14.5 Å². The van der Waals surface area contributed by atoms with Gasteiger partial charge in [0.05, 0.1) is 12.5 Å². The number of nitrogens with one attached hydrogen (secondary N) is 1. The van der Waals surface area contributed by atoms with Gasteiger partial charge in [-0.25, -0.2) is 0 Å². The average Bonchev–Trinajstić information content (AvgIpc) is 2.58. The average molecular weight is 287 g/mol. The normalized spacial score (nSPS) is 19.7. The summed E-state index contributed by atoms with van der Waals surface area (Å²) in [5.41, 5.74) is 0.805. The summed E-state index contributed by atoms with van der Waals surface area (Å²) in [4.78, 5) is 24.2. The molecule has 2 rings (SSSR count). The summed E-state index contributed by atoms with van der Waals surface area (Å²) < 4.78 is 0. The van der Waals surface area contributed by atoms with Gasteiger partial charge in [0.15, 0.2) is 0 Å². The third kappa shape index (κ3) is 2.66. The molecule has 18 heavy (non-hydrogen) atoms. The van der Waals surface area contributed by atoms with E-state index in [1.165, 1.54) is 7.05 Å². The van der Waals surface area contributed by atoms with Crippen LogP contribution in [0.25, 0.3) is 0 Å². The van der Waals surface area contributed by atoms with Crippen molar-refractivity contribution >= 4 is 35.0 Å². The highest BCUT2D eigenvalue weighted by Gasteiger charge is 2.35. The maximum absolute atomic E-state index is 11.7. The largest absolute Gasteiger partial charge is 0.301 e. The van der Waals surface area contributed by atoms with E-state index in [1.54, 1.807) is 18.2 Å². The summed E-state index contributed by atoms with van der Waals surface area (Å²) in [5.74, 6) is -0.382. The number of amides is 2. The number of halogens is 2. The molecule has 1 aromatic carbocycles. The molecule has 1 aliphatic rings. The summed E-state index contributed by atoms with van der Waals surface area (Å²) >= 11 is 11.9. The van der Waals surface area contributed by atoms with E-state index in [1.807, 2.05) is 0 Å². The lowest BCUT2D eigenvalue weighted by atomic mass is 10.2. The third-order valence-electron chi connectivity index (χ3n) is 2.93. The molecular weight excluding hydrogens is 275 g/mol. The molecule has 1 atom stereocenters. The van der Waals surface area contributed by atoms with Gasteiger partial charge in [0.25, 0.3) is 0 Å². The zero-order valence-corrected chi connectivity index (χ0v) is 11.3. The number of likely N-dealkylation sites (tertiary alicyclic amines) is 1. The van der Waals surface area contributed by atoms with Crippen LogP contribution < -0.4 is 5.32 Å². The molecule has 96 valence electrons. The van der Waals surface area contributed by atoms with Crippen molar-refractivity contribution in [2.24, 2.45) is 0 Å². The topological polar surface area (TPSA) is 49.4 Å². The van der Waals surface area contributed by atoms with Gasteiger partial charge in [-0.05, 0) is 23.8 Å². The second-order valence-corrected chi connectivity index (χ2v) is 5.01. The molecule has 1 aliphatic heterocycles.